The van der Waals surface area contributed by atoms with Crippen molar-refractivity contribution in [3.63, 3.8) is 0 Å². The summed E-state index contributed by atoms with van der Waals surface area (Å²) in [4.78, 5) is 22.7. The molecular weight excluding hydrogens is 354 g/mol. The minimum Gasteiger partial charge on any atom is -0.450 e. The van der Waals surface area contributed by atoms with Gasteiger partial charge in [0.25, 0.3) is 0 Å². The number of hydrogen-bond donors (Lipinski definition) is 2. The Balaban J connectivity index is 1.59. The molecule has 1 aliphatic heterocycles. The summed E-state index contributed by atoms with van der Waals surface area (Å²) in [5, 5.41) is 6.88. The third kappa shape index (κ3) is 5.34. The third-order valence-electron chi connectivity index (χ3n) is 4.87. The van der Waals surface area contributed by atoms with E-state index in [4.69, 9.17) is 4.74 Å². The lowest BCUT2D eigenvalue weighted by Gasteiger charge is -2.32. The molecule has 150 valence electrons. The molecule has 2 heterocycles. The molecule has 1 amide bonds. The Morgan fingerprint density at radius 2 is 1.96 bits per heavy atom. The van der Waals surface area contributed by atoms with E-state index in [-0.39, 0.29) is 18.2 Å². The van der Waals surface area contributed by atoms with Gasteiger partial charge in [0.2, 0.25) is 5.95 Å². The number of rotatable bonds is 6. The molecule has 0 radical (unpaired) electrons. The monoisotopic (exact) mass is 383 g/mol. The topological polar surface area (TPSA) is 79.4 Å². The van der Waals surface area contributed by atoms with Crippen molar-refractivity contribution in [1.82, 2.24) is 14.9 Å². The van der Waals surface area contributed by atoms with E-state index >= 15 is 0 Å². The van der Waals surface area contributed by atoms with Crippen LogP contribution in [-0.2, 0) is 4.74 Å². The van der Waals surface area contributed by atoms with Gasteiger partial charge in [-0.3, -0.25) is 0 Å². The predicted octanol–water partition coefficient (Wildman–Crippen LogP) is 3.99. The molecule has 2 N–H and O–H groups in total. The van der Waals surface area contributed by atoms with Crippen molar-refractivity contribution in [1.29, 1.82) is 0 Å². The van der Waals surface area contributed by atoms with Gasteiger partial charge in [-0.1, -0.05) is 30.3 Å². The van der Waals surface area contributed by atoms with Crippen LogP contribution in [0.5, 0.6) is 0 Å². The smallest absolute Gasteiger partial charge is 0.409 e. The van der Waals surface area contributed by atoms with Crippen molar-refractivity contribution in [2.45, 2.75) is 45.7 Å². The summed E-state index contributed by atoms with van der Waals surface area (Å²) in [5.41, 5.74) is 2.10. The maximum absolute atomic E-state index is 11.8. The van der Waals surface area contributed by atoms with Crippen LogP contribution in [0, 0.1) is 6.92 Å². The van der Waals surface area contributed by atoms with Gasteiger partial charge in [-0.05, 0) is 39.2 Å². The number of ether oxygens (including phenoxy) is 1. The van der Waals surface area contributed by atoms with Crippen molar-refractivity contribution in [2.75, 3.05) is 30.3 Å². The second-order valence-corrected chi connectivity index (χ2v) is 7.10. The highest BCUT2D eigenvalue weighted by molar-refractivity contribution is 5.67. The molecule has 1 fully saturated rings. The van der Waals surface area contributed by atoms with Gasteiger partial charge in [0.05, 0.1) is 12.6 Å². The number of benzene rings is 1. The molecule has 0 bridgehead atoms. The normalized spacial score (nSPS) is 15.8. The molecule has 1 unspecified atom stereocenters. The Labute approximate surface area is 166 Å². The summed E-state index contributed by atoms with van der Waals surface area (Å²) in [6.07, 6.45) is 1.51. The fourth-order valence-corrected chi connectivity index (χ4v) is 3.36. The molecule has 0 aliphatic carbocycles. The first-order valence-electron chi connectivity index (χ1n) is 9.90. The van der Waals surface area contributed by atoms with Crippen LogP contribution in [0.15, 0.2) is 36.4 Å². The molecule has 1 aromatic heterocycles. The molecule has 1 aromatic carbocycles. The number of carbonyl (C=O) groups is 1. The minimum absolute atomic E-state index is 0.115. The van der Waals surface area contributed by atoms with Crippen LogP contribution in [-0.4, -0.2) is 46.7 Å². The molecule has 2 aromatic rings. The van der Waals surface area contributed by atoms with Gasteiger partial charge in [0.1, 0.15) is 5.82 Å². The van der Waals surface area contributed by atoms with Crippen LogP contribution in [0.3, 0.4) is 0 Å². The SMILES string of the molecule is CCOC(=O)N1CCC(Nc2cc(C)nc(NC(C)c3ccccc3)n2)CC1. The van der Waals surface area contributed by atoms with E-state index in [0.717, 1.165) is 24.4 Å². The van der Waals surface area contributed by atoms with Crippen LogP contribution in [0.2, 0.25) is 0 Å². The lowest BCUT2D eigenvalue weighted by atomic mass is 10.1. The number of piperidine rings is 1. The summed E-state index contributed by atoms with van der Waals surface area (Å²) >= 11 is 0. The number of aromatic nitrogens is 2. The summed E-state index contributed by atoms with van der Waals surface area (Å²) in [6, 6.07) is 12.6. The maximum atomic E-state index is 11.8. The zero-order valence-electron chi connectivity index (χ0n) is 16.8. The van der Waals surface area contributed by atoms with Crippen LogP contribution in [0.1, 0.15) is 44.0 Å². The number of amides is 1. The number of likely N-dealkylation sites (tertiary alicyclic amines) is 1. The first-order chi connectivity index (χ1) is 13.5. The minimum atomic E-state index is -0.222. The molecule has 1 saturated heterocycles. The zero-order valence-corrected chi connectivity index (χ0v) is 16.8. The van der Waals surface area contributed by atoms with E-state index in [2.05, 4.69) is 39.7 Å². The van der Waals surface area contributed by atoms with Crippen LogP contribution < -0.4 is 10.6 Å². The summed E-state index contributed by atoms with van der Waals surface area (Å²) < 4.78 is 5.08. The number of nitrogens with zero attached hydrogens (tertiary/aromatic N) is 3. The van der Waals surface area contributed by atoms with Gasteiger partial charge in [0, 0.05) is 30.9 Å². The summed E-state index contributed by atoms with van der Waals surface area (Å²) in [7, 11) is 0. The van der Waals surface area contributed by atoms with Crippen molar-refractivity contribution in [3.05, 3.63) is 47.7 Å². The van der Waals surface area contributed by atoms with Gasteiger partial charge in [0.15, 0.2) is 0 Å². The van der Waals surface area contributed by atoms with E-state index in [1.807, 2.05) is 38.1 Å². The Morgan fingerprint density at radius 3 is 2.64 bits per heavy atom. The molecule has 0 spiro atoms. The highest BCUT2D eigenvalue weighted by Gasteiger charge is 2.23. The first kappa shape index (κ1) is 19.9. The summed E-state index contributed by atoms with van der Waals surface area (Å²) in [6.45, 7) is 7.68. The van der Waals surface area contributed by atoms with Crippen LogP contribution >= 0.6 is 0 Å². The van der Waals surface area contributed by atoms with E-state index in [9.17, 15) is 4.79 Å². The molecule has 28 heavy (non-hydrogen) atoms. The number of hydrogen-bond acceptors (Lipinski definition) is 6. The van der Waals surface area contributed by atoms with Crippen molar-refractivity contribution < 1.29 is 9.53 Å². The van der Waals surface area contributed by atoms with E-state index in [0.29, 0.717) is 25.6 Å². The molecule has 0 saturated carbocycles. The number of nitrogens with one attached hydrogen (secondary N) is 2. The van der Waals surface area contributed by atoms with E-state index in [1.165, 1.54) is 5.56 Å². The second kappa shape index (κ2) is 9.39. The highest BCUT2D eigenvalue weighted by Crippen LogP contribution is 2.20. The number of carbonyl (C=O) groups excluding carboxylic acids is 1. The molecule has 3 rings (SSSR count). The highest BCUT2D eigenvalue weighted by atomic mass is 16.6. The third-order valence-corrected chi connectivity index (χ3v) is 4.87. The lowest BCUT2D eigenvalue weighted by molar-refractivity contribution is 0.0983. The lowest BCUT2D eigenvalue weighted by Crippen LogP contribution is -2.42. The van der Waals surface area contributed by atoms with Crippen molar-refractivity contribution in [2.24, 2.45) is 0 Å². The fraction of sp³-hybridized carbons (Fsp3) is 0.476. The Morgan fingerprint density at radius 1 is 1.25 bits per heavy atom. The predicted molar refractivity (Wildman–Crippen MR) is 110 cm³/mol. The number of anilines is 2. The first-order valence-corrected chi connectivity index (χ1v) is 9.90. The maximum Gasteiger partial charge on any atom is 0.409 e. The molecule has 7 heteroatoms. The Hall–Kier alpha value is -2.83. The van der Waals surface area contributed by atoms with Gasteiger partial charge in [-0.15, -0.1) is 0 Å². The van der Waals surface area contributed by atoms with Gasteiger partial charge >= 0.3 is 6.09 Å². The van der Waals surface area contributed by atoms with Crippen LogP contribution in [0.25, 0.3) is 0 Å². The Bertz CT molecular complexity index is 776. The van der Waals surface area contributed by atoms with Crippen LogP contribution in [0.4, 0.5) is 16.6 Å². The summed E-state index contributed by atoms with van der Waals surface area (Å²) in [5.74, 6) is 1.42. The number of aryl methyl sites for hydroxylation is 1. The average Bonchev–Trinajstić information content (AvgIpc) is 2.69. The van der Waals surface area contributed by atoms with E-state index in [1.54, 1.807) is 4.90 Å². The Kier molecular flexibility index (Phi) is 6.68. The van der Waals surface area contributed by atoms with Gasteiger partial charge in [-0.2, -0.15) is 4.98 Å². The fourth-order valence-electron chi connectivity index (χ4n) is 3.36. The molecule has 7 nitrogen and oxygen atoms in total. The molecule has 1 aliphatic rings. The largest absolute Gasteiger partial charge is 0.450 e. The van der Waals surface area contributed by atoms with Gasteiger partial charge < -0.3 is 20.3 Å². The van der Waals surface area contributed by atoms with Crippen molar-refractivity contribution >= 4 is 17.9 Å². The van der Waals surface area contributed by atoms with Crippen molar-refractivity contribution in [3.8, 4) is 0 Å². The van der Waals surface area contributed by atoms with Gasteiger partial charge in [-0.25, -0.2) is 9.78 Å². The second-order valence-electron chi connectivity index (χ2n) is 7.10. The average molecular weight is 383 g/mol. The van der Waals surface area contributed by atoms with E-state index < -0.39 is 0 Å². The quantitative estimate of drug-likeness (QED) is 0.785. The zero-order chi connectivity index (χ0) is 19.9. The molecule has 1 atom stereocenters. The standard InChI is InChI=1S/C21H29N5O2/c1-4-28-21(27)26-12-10-18(11-13-26)24-19-14-15(2)22-20(25-19)23-16(3)17-8-6-5-7-9-17/h5-9,14,16,18H,4,10-13H2,1-3H3,(H2,22,23,24,25). The molecular formula is C21H29N5O2.